The Hall–Kier alpha value is -6.23. The summed E-state index contributed by atoms with van der Waals surface area (Å²) in [6.07, 6.45) is -2.38. The zero-order valence-electron chi connectivity index (χ0n) is 33.1. The van der Waals surface area contributed by atoms with Gasteiger partial charge in [-0.15, -0.1) is 0 Å². The van der Waals surface area contributed by atoms with Crippen LogP contribution in [-0.4, -0.2) is 50.8 Å². The number of carbonyl (C=O) groups excluding carboxylic acids is 4. The minimum absolute atomic E-state index is 0.0377. The van der Waals surface area contributed by atoms with Gasteiger partial charge in [0.15, 0.2) is 22.9 Å². The summed E-state index contributed by atoms with van der Waals surface area (Å²) in [7, 11) is 1.35. The maximum atomic E-state index is 15.5. The molecule has 4 heterocycles. The molecule has 64 heavy (non-hydrogen) atoms. The first-order valence-electron chi connectivity index (χ1n) is 19.9. The molecule has 0 spiro atoms. The molecular formula is C46H31BrCl2F3N5O7. The molecule has 0 bridgehead atoms. The zero-order chi connectivity index (χ0) is 45.0. The van der Waals surface area contributed by atoms with E-state index in [-0.39, 0.29) is 28.8 Å². The Morgan fingerprint density at radius 3 is 2.36 bits per heavy atom. The molecule has 2 aliphatic carbocycles. The number of amides is 4. The first kappa shape index (κ1) is 41.8. The summed E-state index contributed by atoms with van der Waals surface area (Å²) >= 11 is 16.1. The van der Waals surface area contributed by atoms with E-state index in [1.807, 2.05) is 24.3 Å². The van der Waals surface area contributed by atoms with Crippen molar-refractivity contribution >= 4 is 85.4 Å². The predicted molar refractivity (Wildman–Crippen MR) is 231 cm³/mol. The van der Waals surface area contributed by atoms with Gasteiger partial charge < -0.3 is 14.3 Å². The first-order valence-corrected chi connectivity index (χ1v) is 21.4. The number of hydrogen-bond donors (Lipinski definition) is 2. The molecule has 10 rings (SSSR count). The average Bonchev–Trinajstić information content (AvgIpc) is 3.89. The third-order valence-electron chi connectivity index (χ3n) is 12.8. The highest BCUT2D eigenvalue weighted by Gasteiger charge is 2.70. The molecule has 12 nitrogen and oxygen atoms in total. The summed E-state index contributed by atoms with van der Waals surface area (Å²) < 4.78 is 52.5. The van der Waals surface area contributed by atoms with Crippen molar-refractivity contribution in [2.75, 3.05) is 17.4 Å². The molecule has 3 fully saturated rings. The minimum atomic E-state index is -4.78. The van der Waals surface area contributed by atoms with E-state index in [1.165, 1.54) is 7.11 Å². The monoisotopic (exact) mass is 971 g/mol. The van der Waals surface area contributed by atoms with Crippen LogP contribution in [0.4, 0.5) is 24.7 Å². The molecule has 6 unspecified atom stereocenters. The van der Waals surface area contributed by atoms with Crippen LogP contribution in [0.3, 0.4) is 0 Å². The second-order valence-electron chi connectivity index (χ2n) is 16.0. The molecule has 2 N–H and O–H groups in total. The Bertz CT molecular complexity index is 2970. The average molecular weight is 974 g/mol. The summed E-state index contributed by atoms with van der Waals surface area (Å²) in [5.74, 6) is -7.60. The minimum Gasteiger partial charge on any atom is -0.503 e. The third-order valence-corrected chi connectivity index (χ3v) is 14.0. The lowest BCUT2D eigenvalue weighted by Gasteiger charge is -2.50. The highest BCUT2D eigenvalue weighted by Crippen LogP contribution is 2.65. The van der Waals surface area contributed by atoms with Gasteiger partial charge in [-0.25, -0.2) is 9.97 Å². The van der Waals surface area contributed by atoms with Crippen LogP contribution in [0.1, 0.15) is 35.4 Å². The van der Waals surface area contributed by atoms with Crippen molar-refractivity contribution in [1.82, 2.24) is 15.0 Å². The number of rotatable bonds is 7. The van der Waals surface area contributed by atoms with Crippen molar-refractivity contribution < 1.29 is 46.6 Å². The molecule has 2 aliphatic heterocycles. The second-order valence-corrected chi connectivity index (χ2v) is 17.7. The lowest BCUT2D eigenvalue weighted by atomic mass is 9.49. The number of para-hydroxylation sites is 2. The summed E-state index contributed by atoms with van der Waals surface area (Å²) in [4.78, 5) is 69.4. The number of ether oxygens (including phenoxy) is 1. The number of oxazole rings is 1. The number of allylic oxidation sites excluding steroid dienone is 2. The van der Waals surface area contributed by atoms with Gasteiger partial charge in [0.05, 0.1) is 51.0 Å². The van der Waals surface area contributed by atoms with E-state index >= 15 is 9.59 Å². The lowest BCUT2D eigenvalue weighted by molar-refractivity contribution is -0.139. The van der Waals surface area contributed by atoms with Gasteiger partial charge in [-0.05, 0) is 113 Å². The molecule has 324 valence electrons. The number of halogens is 6. The van der Waals surface area contributed by atoms with E-state index in [9.17, 15) is 27.9 Å². The number of aromatic nitrogens is 2. The van der Waals surface area contributed by atoms with Crippen LogP contribution in [0.2, 0.25) is 10.0 Å². The molecule has 0 radical (unpaired) electrons. The number of hydrogen-bond acceptors (Lipinski definition) is 10. The Labute approximate surface area is 379 Å². The number of nitrogens with zero attached hydrogens (tertiary/aromatic N) is 4. The van der Waals surface area contributed by atoms with Crippen molar-refractivity contribution in [3.63, 3.8) is 0 Å². The van der Waals surface area contributed by atoms with Crippen molar-refractivity contribution in [2.45, 2.75) is 30.4 Å². The maximum Gasteiger partial charge on any atom is 0.417 e. The standard InChI is InChI=1S/C46H31BrCl2F3N5O7/c1-63-35-17-22(16-31(47)38(35)58)37-27-14-15-28-36(43(61)56(41(28)59)26-12-6-21(7-13-26)40-54-33-4-2-3-5-34(33)64-40)29(27)19-30-42(60)57(44(62)45(30,37)23-8-10-25(48)11-9-23)55-39-32(49)18-24(20-53-39)46(50,51)52/h2-14,16-18,20,28-30,36-37,58H,15,19H2,1H3,(H,53,55). The quantitative estimate of drug-likeness (QED) is 0.117. The van der Waals surface area contributed by atoms with Gasteiger partial charge in [-0.3, -0.25) is 29.5 Å². The largest absolute Gasteiger partial charge is 0.503 e. The van der Waals surface area contributed by atoms with Crippen LogP contribution in [0.25, 0.3) is 22.6 Å². The number of imide groups is 2. The van der Waals surface area contributed by atoms with Gasteiger partial charge in [0.25, 0.3) is 11.8 Å². The summed E-state index contributed by atoms with van der Waals surface area (Å²) in [5.41, 5.74) is 3.25. The molecule has 4 aliphatic rings. The fourth-order valence-electron chi connectivity index (χ4n) is 10.1. The van der Waals surface area contributed by atoms with E-state index < -0.39 is 81.2 Å². The van der Waals surface area contributed by atoms with Crippen LogP contribution in [0.5, 0.6) is 11.5 Å². The van der Waals surface area contributed by atoms with Crippen molar-refractivity contribution in [2.24, 2.45) is 23.7 Å². The number of phenolic OH excluding ortho intramolecular Hbond substituents is 1. The fraction of sp³-hybridized carbons (Fsp3) is 0.217. The normalized spacial score (nSPS) is 24.2. The molecule has 4 amide bonds. The highest BCUT2D eigenvalue weighted by atomic mass is 79.9. The number of hydrazine groups is 1. The number of fused-ring (bicyclic) bond motifs is 5. The van der Waals surface area contributed by atoms with Crippen molar-refractivity contribution in [1.29, 1.82) is 0 Å². The van der Waals surface area contributed by atoms with E-state index in [1.54, 1.807) is 66.7 Å². The van der Waals surface area contributed by atoms with Crippen molar-refractivity contribution in [3.8, 4) is 23.0 Å². The van der Waals surface area contributed by atoms with Crippen LogP contribution in [0, 0.1) is 23.7 Å². The van der Waals surface area contributed by atoms with Crippen LogP contribution < -0.4 is 15.1 Å². The lowest BCUT2D eigenvalue weighted by Crippen LogP contribution is -2.53. The van der Waals surface area contributed by atoms with Gasteiger partial charge in [-0.2, -0.15) is 18.2 Å². The van der Waals surface area contributed by atoms with E-state index in [4.69, 9.17) is 32.4 Å². The van der Waals surface area contributed by atoms with Crippen LogP contribution in [0.15, 0.2) is 118 Å². The Kier molecular flexibility index (Phi) is 9.92. The van der Waals surface area contributed by atoms with E-state index in [2.05, 4.69) is 31.3 Å². The number of aromatic hydroxyl groups is 1. The molecule has 2 saturated heterocycles. The third kappa shape index (κ3) is 6.31. The van der Waals surface area contributed by atoms with E-state index in [0.717, 1.165) is 4.90 Å². The summed E-state index contributed by atoms with van der Waals surface area (Å²) in [5, 5.41) is 11.5. The number of phenols is 1. The number of methoxy groups -OCH3 is 1. The van der Waals surface area contributed by atoms with Gasteiger partial charge in [0.1, 0.15) is 5.52 Å². The van der Waals surface area contributed by atoms with Gasteiger partial charge in [-0.1, -0.05) is 59.1 Å². The Morgan fingerprint density at radius 2 is 1.67 bits per heavy atom. The first-order chi connectivity index (χ1) is 30.6. The summed E-state index contributed by atoms with van der Waals surface area (Å²) in [6.45, 7) is 0. The highest BCUT2D eigenvalue weighted by molar-refractivity contribution is 9.10. The molecule has 6 aromatic rings. The van der Waals surface area contributed by atoms with Crippen molar-refractivity contribution in [3.05, 3.63) is 140 Å². The molecule has 1 saturated carbocycles. The summed E-state index contributed by atoms with van der Waals surface area (Å²) in [6, 6.07) is 24.2. The molecular weight excluding hydrogens is 942 g/mol. The topological polar surface area (TPSA) is 155 Å². The number of carbonyl (C=O) groups is 4. The smallest absolute Gasteiger partial charge is 0.417 e. The Morgan fingerprint density at radius 1 is 0.938 bits per heavy atom. The van der Waals surface area contributed by atoms with Gasteiger partial charge in [0.2, 0.25) is 17.7 Å². The van der Waals surface area contributed by atoms with Gasteiger partial charge in [0, 0.05) is 22.7 Å². The zero-order valence-corrected chi connectivity index (χ0v) is 36.2. The fourth-order valence-corrected chi connectivity index (χ4v) is 10.9. The number of anilines is 2. The number of pyridine rings is 1. The van der Waals surface area contributed by atoms with Crippen LogP contribution >= 0.6 is 39.1 Å². The number of alkyl halides is 3. The Balaban J connectivity index is 1.09. The second kappa shape index (κ2) is 15.2. The number of nitrogens with one attached hydrogen (secondary N) is 1. The maximum absolute atomic E-state index is 15.5. The molecule has 6 atom stereocenters. The van der Waals surface area contributed by atoms with Gasteiger partial charge >= 0.3 is 6.18 Å². The molecule has 18 heteroatoms. The predicted octanol–water partition coefficient (Wildman–Crippen LogP) is 9.88. The van der Waals surface area contributed by atoms with E-state index in [0.29, 0.717) is 67.2 Å². The number of benzene rings is 4. The molecule has 2 aromatic heterocycles. The van der Waals surface area contributed by atoms with Crippen LogP contribution in [-0.2, 0) is 30.8 Å². The SMILES string of the molecule is COc1cc(C2C3=CCC4C(=O)N(c5ccc(-c6nc7ccccc7o6)cc5)C(=O)C4C3CC3C(=O)N(Nc4ncc(C(F)(F)F)cc4Cl)C(=O)C32c2ccc(Cl)cc2)cc(Br)c1O. The molecule has 4 aromatic carbocycles.